The molecule has 0 aliphatic heterocycles. The summed E-state index contributed by atoms with van der Waals surface area (Å²) in [6.45, 7) is 3.98. The number of fused-ring (bicyclic) bond motifs is 1. The standard InChI is InChI=1S/C17H15N5O2S/c1-10-15(25-11(2)18-10)16-20-21-17(24-16)19-14(23)9-22-8-7-12-5-3-4-6-13(12)22/h3-8H,9H2,1-2H3,(H,19,21,23). The fourth-order valence-electron chi connectivity index (χ4n) is 2.69. The van der Waals surface area contributed by atoms with E-state index >= 15 is 0 Å². The second-order valence-electron chi connectivity index (χ2n) is 5.61. The number of para-hydroxylation sites is 1. The highest BCUT2D eigenvalue weighted by molar-refractivity contribution is 7.15. The van der Waals surface area contributed by atoms with Gasteiger partial charge in [0.05, 0.1) is 10.7 Å². The molecular weight excluding hydrogens is 338 g/mol. The van der Waals surface area contributed by atoms with Crippen LogP contribution in [0.5, 0.6) is 0 Å². The fraction of sp³-hybridized carbons (Fsp3) is 0.176. The Labute approximate surface area is 147 Å². The van der Waals surface area contributed by atoms with Crippen molar-refractivity contribution < 1.29 is 9.21 Å². The topological polar surface area (TPSA) is 85.8 Å². The number of hydrogen-bond donors (Lipinski definition) is 1. The summed E-state index contributed by atoms with van der Waals surface area (Å²) in [4.78, 5) is 17.4. The maximum atomic E-state index is 12.3. The molecule has 0 saturated heterocycles. The quantitative estimate of drug-likeness (QED) is 0.608. The maximum absolute atomic E-state index is 12.3. The van der Waals surface area contributed by atoms with Gasteiger partial charge >= 0.3 is 6.01 Å². The minimum atomic E-state index is -0.228. The van der Waals surface area contributed by atoms with Gasteiger partial charge in [0.15, 0.2) is 0 Å². The van der Waals surface area contributed by atoms with Gasteiger partial charge in [0, 0.05) is 11.7 Å². The van der Waals surface area contributed by atoms with Gasteiger partial charge in [-0.2, -0.15) is 0 Å². The smallest absolute Gasteiger partial charge is 0.322 e. The first-order valence-electron chi connectivity index (χ1n) is 7.72. The Morgan fingerprint density at radius 3 is 2.88 bits per heavy atom. The Morgan fingerprint density at radius 1 is 1.24 bits per heavy atom. The molecule has 0 spiro atoms. The third-order valence-electron chi connectivity index (χ3n) is 3.76. The minimum Gasteiger partial charge on any atom is -0.402 e. The number of aryl methyl sites for hydroxylation is 2. The van der Waals surface area contributed by atoms with E-state index in [0.29, 0.717) is 5.89 Å². The molecule has 0 saturated carbocycles. The van der Waals surface area contributed by atoms with Crippen LogP contribution in [0, 0.1) is 13.8 Å². The Hall–Kier alpha value is -3.00. The summed E-state index contributed by atoms with van der Waals surface area (Å²) < 4.78 is 7.42. The van der Waals surface area contributed by atoms with Crippen LogP contribution in [-0.2, 0) is 11.3 Å². The third-order valence-corrected chi connectivity index (χ3v) is 4.82. The van der Waals surface area contributed by atoms with Gasteiger partial charge in [0.1, 0.15) is 11.4 Å². The highest BCUT2D eigenvalue weighted by atomic mass is 32.1. The lowest BCUT2D eigenvalue weighted by Crippen LogP contribution is -2.18. The van der Waals surface area contributed by atoms with Gasteiger partial charge in [-0.05, 0) is 31.4 Å². The normalized spacial score (nSPS) is 11.1. The highest BCUT2D eigenvalue weighted by Crippen LogP contribution is 2.29. The average Bonchev–Trinajstić information content (AvgIpc) is 3.27. The van der Waals surface area contributed by atoms with E-state index in [1.165, 1.54) is 11.3 Å². The molecule has 3 heterocycles. The molecule has 25 heavy (non-hydrogen) atoms. The number of carbonyl (C=O) groups is 1. The van der Waals surface area contributed by atoms with Crippen molar-refractivity contribution in [2.75, 3.05) is 5.32 Å². The van der Waals surface area contributed by atoms with Crippen LogP contribution in [0.25, 0.3) is 21.7 Å². The first-order valence-corrected chi connectivity index (χ1v) is 8.53. The van der Waals surface area contributed by atoms with Crippen molar-refractivity contribution in [2.45, 2.75) is 20.4 Å². The molecule has 4 aromatic rings. The number of rotatable bonds is 4. The van der Waals surface area contributed by atoms with Gasteiger partial charge < -0.3 is 8.98 Å². The Kier molecular flexibility index (Phi) is 3.81. The van der Waals surface area contributed by atoms with E-state index in [1.54, 1.807) is 0 Å². The first kappa shape index (κ1) is 15.5. The lowest BCUT2D eigenvalue weighted by atomic mass is 10.2. The Morgan fingerprint density at radius 2 is 2.08 bits per heavy atom. The molecule has 0 radical (unpaired) electrons. The number of nitrogens with one attached hydrogen (secondary N) is 1. The number of benzene rings is 1. The molecule has 7 nitrogen and oxygen atoms in total. The van der Waals surface area contributed by atoms with Crippen molar-refractivity contribution in [3.05, 3.63) is 47.2 Å². The Balaban J connectivity index is 1.49. The molecule has 1 N–H and O–H groups in total. The van der Waals surface area contributed by atoms with Crippen molar-refractivity contribution in [1.29, 1.82) is 0 Å². The fourth-order valence-corrected chi connectivity index (χ4v) is 3.53. The zero-order valence-corrected chi connectivity index (χ0v) is 14.5. The average molecular weight is 353 g/mol. The van der Waals surface area contributed by atoms with Crippen molar-refractivity contribution in [2.24, 2.45) is 0 Å². The zero-order chi connectivity index (χ0) is 17.4. The molecule has 0 aliphatic rings. The van der Waals surface area contributed by atoms with E-state index < -0.39 is 0 Å². The van der Waals surface area contributed by atoms with E-state index in [1.807, 2.05) is 54.9 Å². The number of aromatic nitrogens is 4. The summed E-state index contributed by atoms with van der Waals surface area (Å²) in [7, 11) is 0. The largest absolute Gasteiger partial charge is 0.402 e. The summed E-state index contributed by atoms with van der Waals surface area (Å²) in [6.07, 6.45) is 1.88. The van der Waals surface area contributed by atoms with Crippen LogP contribution < -0.4 is 5.32 Å². The molecule has 0 bridgehead atoms. The van der Waals surface area contributed by atoms with Gasteiger partial charge in [-0.3, -0.25) is 10.1 Å². The number of anilines is 1. The van der Waals surface area contributed by atoms with Gasteiger partial charge in [-0.1, -0.05) is 23.3 Å². The molecule has 126 valence electrons. The SMILES string of the molecule is Cc1nc(C)c(-c2nnc(NC(=O)Cn3ccc4ccccc43)o2)s1. The van der Waals surface area contributed by atoms with Crippen molar-refractivity contribution in [1.82, 2.24) is 19.7 Å². The first-order chi connectivity index (χ1) is 12.1. The summed E-state index contributed by atoms with van der Waals surface area (Å²) in [6, 6.07) is 9.95. The van der Waals surface area contributed by atoms with Crippen LogP contribution in [0.4, 0.5) is 6.01 Å². The van der Waals surface area contributed by atoms with Crippen molar-refractivity contribution in [3.8, 4) is 10.8 Å². The minimum absolute atomic E-state index is 0.0851. The molecule has 1 aromatic carbocycles. The lowest BCUT2D eigenvalue weighted by molar-refractivity contribution is -0.116. The number of carbonyl (C=O) groups excluding carboxylic acids is 1. The van der Waals surface area contributed by atoms with Gasteiger partial charge in [0.2, 0.25) is 5.91 Å². The van der Waals surface area contributed by atoms with E-state index in [4.69, 9.17) is 4.42 Å². The number of thiazole rings is 1. The lowest BCUT2D eigenvalue weighted by Gasteiger charge is -2.04. The van der Waals surface area contributed by atoms with Crippen LogP contribution in [0.2, 0.25) is 0 Å². The maximum Gasteiger partial charge on any atom is 0.322 e. The molecule has 0 fully saturated rings. The van der Waals surface area contributed by atoms with Crippen LogP contribution in [0.15, 0.2) is 40.9 Å². The van der Waals surface area contributed by atoms with Crippen LogP contribution in [0.1, 0.15) is 10.7 Å². The summed E-state index contributed by atoms with van der Waals surface area (Å²) in [5.41, 5.74) is 1.84. The molecule has 0 aliphatic carbocycles. The molecule has 4 rings (SSSR count). The summed E-state index contributed by atoms with van der Waals surface area (Å²) >= 11 is 1.48. The van der Waals surface area contributed by atoms with E-state index in [-0.39, 0.29) is 18.5 Å². The van der Waals surface area contributed by atoms with Gasteiger partial charge in [0.25, 0.3) is 5.89 Å². The second-order valence-corrected chi connectivity index (χ2v) is 6.81. The molecule has 0 unspecified atom stereocenters. The molecule has 3 aromatic heterocycles. The van der Waals surface area contributed by atoms with Crippen molar-refractivity contribution >= 4 is 34.2 Å². The predicted octanol–water partition coefficient (Wildman–Crippen LogP) is 3.40. The number of nitrogens with zero attached hydrogens (tertiary/aromatic N) is 4. The second kappa shape index (κ2) is 6.14. The van der Waals surface area contributed by atoms with Crippen molar-refractivity contribution in [3.63, 3.8) is 0 Å². The van der Waals surface area contributed by atoms with Crippen LogP contribution in [-0.4, -0.2) is 25.7 Å². The predicted molar refractivity (Wildman–Crippen MR) is 95.4 cm³/mol. The monoisotopic (exact) mass is 353 g/mol. The van der Waals surface area contributed by atoms with E-state index in [0.717, 1.165) is 26.5 Å². The highest BCUT2D eigenvalue weighted by Gasteiger charge is 2.16. The zero-order valence-electron chi connectivity index (χ0n) is 13.7. The third kappa shape index (κ3) is 3.03. The molecule has 8 heteroatoms. The molecule has 0 atom stereocenters. The van der Waals surface area contributed by atoms with Gasteiger partial charge in [-0.25, -0.2) is 4.98 Å². The van der Waals surface area contributed by atoms with Crippen LogP contribution in [0.3, 0.4) is 0 Å². The summed E-state index contributed by atoms with van der Waals surface area (Å²) in [5, 5.41) is 12.5. The van der Waals surface area contributed by atoms with E-state index in [2.05, 4.69) is 20.5 Å². The number of amides is 1. The number of hydrogen-bond acceptors (Lipinski definition) is 6. The van der Waals surface area contributed by atoms with Gasteiger partial charge in [-0.15, -0.1) is 16.4 Å². The van der Waals surface area contributed by atoms with Crippen LogP contribution >= 0.6 is 11.3 Å². The Bertz CT molecular complexity index is 1060. The van der Waals surface area contributed by atoms with E-state index in [9.17, 15) is 4.79 Å². The molecular formula is C17H15N5O2S. The summed E-state index contributed by atoms with van der Waals surface area (Å²) in [5.74, 6) is 0.138. The molecule has 1 amide bonds.